The van der Waals surface area contributed by atoms with Gasteiger partial charge in [-0.1, -0.05) is 20.8 Å². The van der Waals surface area contributed by atoms with E-state index < -0.39 is 51.9 Å². The van der Waals surface area contributed by atoms with Gasteiger partial charge in [0, 0.05) is 11.0 Å². The molecule has 0 heterocycles. The average molecular weight is 348 g/mol. The summed E-state index contributed by atoms with van der Waals surface area (Å²) < 4.78 is 90.3. The van der Waals surface area contributed by atoms with E-state index >= 15 is 0 Å². The summed E-state index contributed by atoms with van der Waals surface area (Å²) in [6.07, 6.45) is -6.12. The van der Waals surface area contributed by atoms with Gasteiger partial charge in [-0.2, -0.15) is 30.7 Å². The quantitative estimate of drug-likeness (QED) is 0.448. The van der Waals surface area contributed by atoms with Crippen molar-refractivity contribution in [3.63, 3.8) is 0 Å². The maximum absolute atomic E-state index is 13.7. The lowest BCUT2D eigenvalue weighted by molar-refractivity contribution is -0.349. The lowest BCUT2D eigenvalue weighted by atomic mass is 9.70. The highest BCUT2D eigenvalue weighted by Gasteiger charge is 2.76. The number of Topliss-reactive ketones (excluding diaryl/α,β-unsaturated/α-hetero) is 1. The van der Waals surface area contributed by atoms with Crippen LogP contribution >= 0.6 is 0 Å². The number of allylic oxidation sites excluding steroid dienone is 2. The second-order valence-electron chi connectivity index (χ2n) is 6.88. The lowest BCUT2D eigenvalue weighted by Gasteiger charge is -2.31. The Kier molecular flexibility index (Phi) is 3.47. The summed E-state index contributed by atoms with van der Waals surface area (Å²) in [5, 5.41) is 9.54. The molecule has 2 saturated carbocycles. The largest absolute Gasteiger partial charge is 0.506 e. The Morgan fingerprint density at radius 1 is 1.09 bits per heavy atom. The molecule has 23 heavy (non-hydrogen) atoms. The topological polar surface area (TPSA) is 37.3 Å². The Hall–Kier alpha value is -1.28. The minimum Gasteiger partial charge on any atom is -0.506 e. The third-order valence-electron chi connectivity index (χ3n) is 5.62. The minimum absolute atomic E-state index is 0.155. The van der Waals surface area contributed by atoms with Crippen LogP contribution in [-0.2, 0) is 4.79 Å². The van der Waals surface area contributed by atoms with Crippen LogP contribution in [0.3, 0.4) is 0 Å². The maximum Gasteiger partial charge on any atom is 0.460 e. The Bertz CT molecular complexity index is 588. The number of hydrogen-bond acceptors (Lipinski definition) is 2. The molecule has 2 rings (SSSR count). The van der Waals surface area contributed by atoms with E-state index in [4.69, 9.17) is 0 Å². The third-order valence-corrected chi connectivity index (χ3v) is 5.62. The molecule has 2 aliphatic carbocycles. The third kappa shape index (κ3) is 1.91. The molecule has 0 spiro atoms. The van der Waals surface area contributed by atoms with E-state index in [1.54, 1.807) is 13.8 Å². The highest BCUT2D eigenvalue weighted by atomic mass is 19.4. The molecule has 2 aliphatic rings. The molecule has 0 radical (unpaired) electrons. The van der Waals surface area contributed by atoms with E-state index in [0.29, 0.717) is 6.42 Å². The van der Waals surface area contributed by atoms with Crippen LogP contribution in [0.2, 0.25) is 0 Å². The molecular weight excluding hydrogens is 333 g/mol. The van der Waals surface area contributed by atoms with Crippen molar-refractivity contribution in [2.24, 2.45) is 16.7 Å². The molecule has 0 aromatic rings. The smallest absolute Gasteiger partial charge is 0.460 e. The van der Waals surface area contributed by atoms with E-state index in [9.17, 15) is 40.6 Å². The van der Waals surface area contributed by atoms with Gasteiger partial charge in [0.2, 0.25) is 0 Å². The zero-order valence-electron chi connectivity index (χ0n) is 12.5. The molecule has 2 atom stereocenters. The van der Waals surface area contributed by atoms with Crippen LogP contribution in [-0.4, -0.2) is 28.9 Å². The van der Waals surface area contributed by atoms with Crippen LogP contribution < -0.4 is 0 Å². The van der Waals surface area contributed by atoms with Crippen LogP contribution in [0.1, 0.15) is 33.6 Å². The zero-order valence-corrected chi connectivity index (χ0v) is 12.5. The predicted octanol–water partition coefficient (Wildman–Crippen LogP) is 4.66. The molecule has 0 aromatic carbocycles. The number of carbonyl (C=O) groups excluding carboxylic acids is 1. The molecule has 1 N–H and O–H groups in total. The summed E-state index contributed by atoms with van der Waals surface area (Å²) in [7, 11) is 0. The Morgan fingerprint density at radius 2 is 1.57 bits per heavy atom. The van der Waals surface area contributed by atoms with Gasteiger partial charge in [0.15, 0.2) is 11.5 Å². The van der Waals surface area contributed by atoms with Gasteiger partial charge in [-0.05, 0) is 24.2 Å². The van der Waals surface area contributed by atoms with Crippen LogP contribution in [0.5, 0.6) is 0 Å². The number of ketones is 1. The Balaban J connectivity index is 2.62. The maximum atomic E-state index is 13.7. The first-order valence-electron chi connectivity index (χ1n) is 6.84. The number of aliphatic hydroxyl groups is 1. The molecular formula is C14H15F7O2. The zero-order chi connectivity index (χ0) is 18.2. The van der Waals surface area contributed by atoms with Gasteiger partial charge in [-0.3, -0.25) is 4.79 Å². The SMILES string of the molecule is CC1(C)C2CC[C@@]1(C)C(=O)/C2=C(/O)C(F)(F)C(F)(F)C(F)(F)F. The normalized spacial score (nSPS) is 33.3. The van der Waals surface area contributed by atoms with E-state index in [0.717, 1.165) is 0 Å². The first-order chi connectivity index (χ1) is 10.0. The van der Waals surface area contributed by atoms with Gasteiger partial charge in [-0.15, -0.1) is 0 Å². The standard InChI is InChI=1S/C14H15F7O2/c1-10(2)6-4-5-11(10,3)8(22)7(6)9(23)12(15,16)13(17,18)14(19,20)21/h6,23H,4-5H2,1-3H3/b9-7+/t6?,11-/m0/s1. The summed E-state index contributed by atoms with van der Waals surface area (Å²) in [5.74, 6) is -16.8. The van der Waals surface area contributed by atoms with Crippen LogP contribution in [0.4, 0.5) is 30.7 Å². The summed E-state index contributed by atoms with van der Waals surface area (Å²) in [5.41, 5.74) is -3.10. The molecule has 2 nitrogen and oxygen atoms in total. The second kappa shape index (κ2) is 4.42. The molecule has 0 amide bonds. The molecule has 2 bridgehead atoms. The first kappa shape index (κ1) is 18.1. The second-order valence-corrected chi connectivity index (χ2v) is 6.88. The fourth-order valence-electron chi connectivity index (χ4n) is 3.64. The number of fused-ring (bicyclic) bond motifs is 2. The van der Waals surface area contributed by atoms with Crippen molar-refractivity contribution >= 4 is 5.78 Å². The molecule has 2 fully saturated rings. The Labute approximate surface area is 127 Å². The molecule has 0 aromatic heterocycles. The van der Waals surface area contributed by atoms with Gasteiger partial charge in [0.25, 0.3) is 0 Å². The number of rotatable bonds is 2. The average Bonchev–Trinajstić information content (AvgIpc) is 2.68. The molecule has 132 valence electrons. The van der Waals surface area contributed by atoms with Gasteiger partial charge < -0.3 is 5.11 Å². The molecule has 1 unspecified atom stereocenters. The highest BCUT2D eigenvalue weighted by molar-refractivity contribution is 6.05. The van der Waals surface area contributed by atoms with Gasteiger partial charge in [-0.25, -0.2) is 0 Å². The molecule has 0 aliphatic heterocycles. The molecule has 0 saturated heterocycles. The summed E-state index contributed by atoms with van der Waals surface area (Å²) in [6, 6.07) is 0. The Morgan fingerprint density at radius 3 is 1.91 bits per heavy atom. The first-order valence-corrected chi connectivity index (χ1v) is 6.84. The molecule has 9 heteroatoms. The number of halogens is 7. The number of hydrogen-bond donors (Lipinski definition) is 1. The van der Waals surface area contributed by atoms with Crippen molar-refractivity contribution in [2.75, 3.05) is 0 Å². The number of alkyl halides is 7. The van der Waals surface area contributed by atoms with Crippen molar-refractivity contribution in [2.45, 2.75) is 51.6 Å². The minimum atomic E-state index is -6.56. The van der Waals surface area contributed by atoms with E-state index in [-0.39, 0.29) is 6.42 Å². The van der Waals surface area contributed by atoms with E-state index in [1.807, 2.05) is 0 Å². The summed E-state index contributed by atoms with van der Waals surface area (Å²) in [6.45, 7) is 4.53. The summed E-state index contributed by atoms with van der Waals surface area (Å²) in [4.78, 5) is 12.3. The van der Waals surface area contributed by atoms with Crippen molar-refractivity contribution in [3.8, 4) is 0 Å². The van der Waals surface area contributed by atoms with Crippen LogP contribution in [0.15, 0.2) is 11.3 Å². The highest BCUT2D eigenvalue weighted by Crippen LogP contribution is 2.67. The fraction of sp³-hybridized carbons (Fsp3) is 0.786. The van der Waals surface area contributed by atoms with E-state index in [1.165, 1.54) is 6.92 Å². The van der Waals surface area contributed by atoms with Crippen LogP contribution in [0.25, 0.3) is 0 Å². The van der Waals surface area contributed by atoms with Gasteiger partial charge >= 0.3 is 18.0 Å². The van der Waals surface area contributed by atoms with Crippen molar-refractivity contribution in [1.82, 2.24) is 0 Å². The van der Waals surface area contributed by atoms with Crippen molar-refractivity contribution in [1.29, 1.82) is 0 Å². The van der Waals surface area contributed by atoms with E-state index in [2.05, 4.69) is 0 Å². The monoisotopic (exact) mass is 348 g/mol. The lowest BCUT2D eigenvalue weighted by Crippen LogP contribution is -2.53. The summed E-state index contributed by atoms with van der Waals surface area (Å²) >= 11 is 0. The van der Waals surface area contributed by atoms with Gasteiger partial charge in [0.05, 0.1) is 0 Å². The fourth-order valence-corrected chi connectivity index (χ4v) is 3.64. The number of aliphatic hydroxyl groups excluding tert-OH is 1. The van der Waals surface area contributed by atoms with Crippen molar-refractivity contribution < 1.29 is 40.6 Å². The van der Waals surface area contributed by atoms with Crippen LogP contribution in [0, 0.1) is 16.7 Å². The van der Waals surface area contributed by atoms with Gasteiger partial charge in [0.1, 0.15) is 0 Å². The van der Waals surface area contributed by atoms with Crippen molar-refractivity contribution in [3.05, 3.63) is 11.3 Å². The number of carbonyl (C=O) groups is 1. The predicted molar refractivity (Wildman–Crippen MR) is 65.2 cm³/mol.